The number of benzene rings is 1. The summed E-state index contributed by atoms with van der Waals surface area (Å²) in [4.78, 5) is 31.7. The molecule has 1 amide bonds. The number of carbonyl (C=O) groups is 1. The quantitative estimate of drug-likeness (QED) is 0.439. The van der Waals surface area contributed by atoms with Crippen molar-refractivity contribution >= 4 is 5.91 Å². The summed E-state index contributed by atoms with van der Waals surface area (Å²) < 4.78 is 7.27. The molecule has 0 radical (unpaired) electrons. The van der Waals surface area contributed by atoms with E-state index in [1.807, 2.05) is 62.4 Å². The molecule has 4 aromatic rings. The minimum absolute atomic E-state index is 0.113. The molecular formula is C26H28N6O3. The second kappa shape index (κ2) is 9.63. The molecule has 9 nitrogen and oxygen atoms in total. The first kappa shape index (κ1) is 24.0. The van der Waals surface area contributed by atoms with E-state index in [4.69, 9.17) is 10.2 Å². The van der Waals surface area contributed by atoms with Gasteiger partial charge in [0.25, 0.3) is 17.4 Å². The van der Waals surface area contributed by atoms with E-state index < -0.39 is 5.54 Å². The zero-order valence-electron chi connectivity index (χ0n) is 20.2. The third-order valence-electron chi connectivity index (χ3n) is 5.75. The number of nitrogens with zero attached hydrogens (tertiary/aromatic N) is 5. The normalized spacial score (nSPS) is 12.8. The Bertz CT molecular complexity index is 1410. The predicted octanol–water partition coefficient (Wildman–Crippen LogP) is 2.83. The topological polar surface area (TPSA) is 120 Å². The lowest BCUT2D eigenvalue weighted by Crippen LogP contribution is -2.35. The van der Waals surface area contributed by atoms with Gasteiger partial charge in [-0.3, -0.25) is 14.6 Å². The van der Waals surface area contributed by atoms with Gasteiger partial charge in [0, 0.05) is 31.4 Å². The Hall–Kier alpha value is -4.11. The van der Waals surface area contributed by atoms with E-state index in [-0.39, 0.29) is 28.8 Å². The van der Waals surface area contributed by atoms with Gasteiger partial charge in [0.1, 0.15) is 5.69 Å². The second-order valence-electron chi connectivity index (χ2n) is 8.95. The maximum atomic E-state index is 13.1. The van der Waals surface area contributed by atoms with E-state index in [1.54, 1.807) is 20.2 Å². The summed E-state index contributed by atoms with van der Waals surface area (Å²) in [5.74, 6) is 0.0323. The number of amides is 1. The molecule has 1 aromatic carbocycles. The van der Waals surface area contributed by atoms with Crippen LogP contribution in [0.1, 0.15) is 40.1 Å². The Kier molecular flexibility index (Phi) is 6.61. The molecule has 0 unspecified atom stereocenters. The van der Waals surface area contributed by atoms with Gasteiger partial charge in [0.05, 0.1) is 17.8 Å². The van der Waals surface area contributed by atoms with Crippen LogP contribution in [0, 0.1) is 6.92 Å². The van der Waals surface area contributed by atoms with Gasteiger partial charge in [0.15, 0.2) is 0 Å². The first-order valence-electron chi connectivity index (χ1n) is 11.2. The van der Waals surface area contributed by atoms with Gasteiger partial charge in [-0.2, -0.15) is 0 Å². The average Bonchev–Trinajstić information content (AvgIpc) is 3.32. The Labute approximate surface area is 203 Å². The van der Waals surface area contributed by atoms with Crippen LogP contribution in [0.3, 0.4) is 0 Å². The number of rotatable bonds is 7. The first-order valence-corrected chi connectivity index (χ1v) is 11.2. The fraction of sp³-hybridized carbons (Fsp3) is 0.269. The highest BCUT2D eigenvalue weighted by molar-refractivity contribution is 5.94. The lowest BCUT2D eigenvalue weighted by molar-refractivity contribution is 0.0783. The molecular weight excluding hydrogens is 444 g/mol. The largest absolute Gasteiger partial charge is 0.417 e. The molecule has 3 heterocycles. The van der Waals surface area contributed by atoms with Crippen LogP contribution < -0.4 is 11.3 Å². The van der Waals surface area contributed by atoms with Crippen molar-refractivity contribution in [2.75, 3.05) is 7.05 Å². The number of hydrogen-bond acceptors (Lipinski definition) is 7. The van der Waals surface area contributed by atoms with Gasteiger partial charge in [-0.1, -0.05) is 36.4 Å². The predicted molar refractivity (Wildman–Crippen MR) is 131 cm³/mol. The maximum Gasteiger partial charge on any atom is 0.264 e. The standard InChI is InChI=1S/C26H28N6O3/c1-17-9-8-12-20(28-17)16-31(3)24(34)19-13-21(32(4)22(33)14-19)23-29-30-25(35-23)26(2,27)15-18-10-6-5-7-11-18/h5-14H,15-16,27H2,1-4H3/t26-/m1/s1. The van der Waals surface area contributed by atoms with E-state index in [0.29, 0.717) is 18.7 Å². The summed E-state index contributed by atoms with van der Waals surface area (Å²) >= 11 is 0. The van der Waals surface area contributed by atoms with Crippen LogP contribution in [0.25, 0.3) is 11.6 Å². The SMILES string of the molecule is Cc1cccc(CN(C)C(=O)c2cc(-c3nnc([C@](C)(N)Cc4ccccc4)o3)n(C)c(=O)c2)n1. The molecule has 0 aliphatic heterocycles. The minimum Gasteiger partial charge on any atom is -0.417 e. The fourth-order valence-corrected chi connectivity index (χ4v) is 3.84. The van der Waals surface area contributed by atoms with Crippen LogP contribution in [0.2, 0.25) is 0 Å². The Morgan fingerprint density at radius 1 is 1.11 bits per heavy atom. The second-order valence-corrected chi connectivity index (χ2v) is 8.95. The monoisotopic (exact) mass is 472 g/mol. The smallest absolute Gasteiger partial charge is 0.264 e. The number of carbonyl (C=O) groups excluding carboxylic acids is 1. The molecule has 0 spiro atoms. The molecule has 1 atom stereocenters. The minimum atomic E-state index is -0.917. The van der Waals surface area contributed by atoms with Crippen molar-refractivity contribution in [2.24, 2.45) is 12.8 Å². The van der Waals surface area contributed by atoms with Crippen molar-refractivity contribution in [1.29, 1.82) is 0 Å². The number of pyridine rings is 2. The van der Waals surface area contributed by atoms with Crippen molar-refractivity contribution in [1.82, 2.24) is 24.6 Å². The van der Waals surface area contributed by atoms with Gasteiger partial charge in [0.2, 0.25) is 5.89 Å². The third-order valence-corrected chi connectivity index (χ3v) is 5.75. The van der Waals surface area contributed by atoms with Crippen molar-refractivity contribution in [2.45, 2.75) is 32.4 Å². The van der Waals surface area contributed by atoms with Crippen molar-refractivity contribution in [3.05, 3.63) is 99.4 Å². The summed E-state index contributed by atoms with van der Waals surface area (Å²) in [6, 6.07) is 18.3. The average molecular weight is 473 g/mol. The molecule has 0 saturated heterocycles. The number of aryl methyl sites for hydroxylation is 1. The highest BCUT2D eigenvalue weighted by Gasteiger charge is 2.29. The van der Waals surface area contributed by atoms with Gasteiger partial charge in [-0.15, -0.1) is 10.2 Å². The summed E-state index contributed by atoms with van der Waals surface area (Å²) in [5.41, 5.74) is 8.42. The Balaban J connectivity index is 1.60. The zero-order chi connectivity index (χ0) is 25.2. The van der Waals surface area contributed by atoms with Crippen LogP contribution in [0.4, 0.5) is 0 Å². The lowest BCUT2D eigenvalue weighted by atomic mass is 9.94. The highest BCUT2D eigenvalue weighted by atomic mass is 16.4. The molecule has 3 aromatic heterocycles. The van der Waals surface area contributed by atoms with Gasteiger partial charge >= 0.3 is 0 Å². The number of aromatic nitrogens is 4. The third kappa shape index (κ3) is 5.36. The summed E-state index contributed by atoms with van der Waals surface area (Å²) in [7, 11) is 3.25. The van der Waals surface area contributed by atoms with Crippen molar-refractivity contribution < 1.29 is 9.21 Å². The van der Waals surface area contributed by atoms with Crippen LogP contribution in [0.5, 0.6) is 0 Å². The van der Waals surface area contributed by atoms with Crippen LogP contribution in [0.15, 0.2) is 69.9 Å². The lowest BCUT2D eigenvalue weighted by Gasteiger charge is -2.20. The number of hydrogen-bond donors (Lipinski definition) is 1. The molecule has 9 heteroatoms. The van der Waals surface area contributed by atoms with Crippen molar-refractivity contribution in [3.8, 4) is 11.6 Å². The molecule has 180 valence electrons. The van der Waals surface area contributed by atoms with E-state index in [9.17, 15) is 9.59 Å². The first-order chi connectivity index (χ1) is 16.6. The van der Waals surface area contributed by atoms with Crippen LogP contribution in [-0.4, -0.2) is 37.6 Å². The van der Waals surface area contributed by atoms with E-state index in [0.717, 1.165) is 17.0 Å². The van der Waals surface area contributed by atoms with Gasteiger partial charge in [-0.05, 0) is 44.0 Å². The molecule has 0 aliphatic rings. The van der Waals surface area contributed by atoms with E-state index in [1.165, 1.54) is 15.5 Å². The zero-order valence-corrected chi connectivity index (χ0v) is 20.2. The fourth-order valence-electron chi connectivity index (χ4n) is 3.84. The summed E-state index contributed by atoms with van der Waals surface area (Å²) in [6.07, 6.45) is 0.491. The van der Waals surface area contributed by atoms with E-state index in [2.05, 4.69) is 15.2 Å². The van der Waals surface area contributed by atoms with Gasteiger partial charge < -0.3 is 19.6 Å². The highest BCUT2D eigenvalue weighted by Crippen LogP contribution is 2.25. The number of nitrogens with two attached hydrogens (primary N) is 1. The molecule has 4 rings (SSSR count). The van der Waals surface area contributed by atoms with Crippen LogP contribution in [-0.2, 0) is 25.6 Å². The molecule has 0 fully saturated rings. The summed E-state index contributed by atoms with van der Waals surface area (Å²) in [6.45, 7) is 4.01. The molecule has 35 heavy (non-hydrogen) atoms. The van der Waals surface area contributed by atoms with Crippen LogP contribution >= 0.6 is 0 Å². The Morgan fingerprint density at radius 2 is 1.86 bits per heavy atom. The van der Waals surface area contributed by atoms with Gasteiger partial charge in [-0.25, -0.2) is 0 Å². The maximum absolute atomic E-state index is 13.1. The molecule has 2 N–H and O–H groups in total. The van der Waals surface area contributed by atoms with E-state index >= 15 is 0 Å². The summed E-state index contributed by atoms with van der Waals surface area (Å²) in [5, 5.41) is 8.27. The molecule has 0 bridgehead atoms. The van der Waals surface area contributed by atoms with Crippen molar-refractivity contribution in [3.63, 3.8) is 0 Å². The molecule has 0 saturated carbocycles. The Morgan fingerprint density at radius 3 is 2.57 bits per heavy atom. The molecule has 0 aliphatic carbocycles.